The molecule has 1 aliphatic rings. The number of nitrogens with one attached hydrogen (secondary N) is 10. The number of H-pyrrole nitrogens is 1. The van der Waals surface area contributed by atoms with Crippen LogP contribution >= 0.6 is 0 Å². The molecule has 1 saturated heterocycles. The summed E-state index contributed by atoms with van der Waals surface area (Å²) in [5.41, 5.74) is 3.81. The van der Waals surface area contributed by atoms with Crippen LogP contribution in [0.1, 0.15) is 113 Å². The minimum Gasteiger partial charge on any atom is -0.508 e. The number of amides is 13. The highest BCUT2D eigenvalue weighted by Crippen LogP contribution is 2.24. The number of carboxylic acid groups (broad SMARTS) is 1. The van der Waals surface area contributed by atoms with Crippen molar-refractivity contribution in [2.45, 2.75) is 191 Å². The van der Waals surface area contributed by atoms with E-state index in [1.165, 1.54) is 93.6 Å². The Kier molecular flexibility index (Phi) is 38.0. The van der Waals surface area contributed by atoms with Crippen molar-refractivity contribution in [2.75, 3.05) is 54.9 Å². The van der Waals surface area contributed by atoms with Gasteiger partial charge in [0.25, 0.3) is 0 Å². The topological polar surface area (TPSA) is 474 Å². The number of aliphatic carboxylic acids is 1. The molecule has 12 atom stereocenters. The number of para-hydroxylation sites is 1. The van der Waals surface area contributed by atoms with Crippen LogP contribution in [-0.4, -0.2) is 268 Å². The molecule has 34 heteroatoms. The number of nitrogens with zero attached hydrogens (tertiary/aromatic N) is 5. The van der Waals surface area contributed by atoms with Gasteiger partial charge in [-0.2, -0.15) is 0 Å². The predicted octanol–water partition coefficient (Wildman–Crippen LogP) is 3.13. The second-order valence-corrected chi connectivity index (χ2v) is 33.2. The van der Waals surface area contributed by atoms with Crippen LogP contribution in [-0.2, 0) is 115 Å². The highest BCUT2D eigenvalue weighted by molar-refractivity contribution is 6.00. The summed E-state index contributed by atoms with van der Waals surface area (Å²) in [5.74, 6) is -14.2. The Labute approximate surface area is 744 Å². The third-order valence-electron chi connectivity index (χ3n) is 22.4. The van der Waals surface area contributed by atoms with Crippen molar-refractivity contribution in [2.24, 2.45) is 11.8 Å². The molecular weight excluding hydrogens is 1640 g/mol. The molecule has 0 radical (unpaired) electrons. The van der Waals surface area contributed by atoms with E-state index >= 15 is 33.6 Å². The van der Waals surface area contributed by atoms with Gasteiger partial charge in [0.15, 0.2) is 0 Å². The van der Waals surface area contributed by atoms with E-state index in [9.17, 15) is 58.5 Å². The van der Waals surface area contributed by atoms with Gasteiger partial charge in [-0.1, -0.05) is 181 Å². The molecule has 2 unspecified atom stereocenters. The average Bonchev–Trinajstić information content (AvgIpc) is 1.23. The van der Waals surface area contributed by atoms with E-state index in [0.29, 0.717) is 69.7 Å². The maximum Gasteiger partial charge on any atom is 0.305 e. The first-order chi connectivity index (χ1) is 61.0. The lowest BCUT2D eigenvalue weighted by Crippen LogP contribution is -2.61. The van der Waals surface area contributed by atoms with E-state index in [0.717, 1.165) is 14.7 Å². The van der Waals surface area contributed by atoms with Gasteiger partial charge in [-0.15, -0.1) is 0 Å². The van der Waals surface area contributed by atoms with Crippen molar-refractivity contribution in [3.63, 3.8) is 0 Å². The number of likely N-dealkylation sites (N-methyl/N-ethyl adjacent to an activating group) is 5. The fourth-order valence-electron chi connectivity index (χ4n) is 15.2. The van der Waals surface area contributed by atoms with E-state index in [-0.39, 0.29) is 81.7 Å². The smallest absolute Gasteiger partial charge is 0.305 e. The summed E-state index contributed by atoms with van der Waals surface area (Å²) in [6.45, 7) is 6.59. The first-order valence-electron chi connectivity index (χ1n) is 42.8. The molecule has 1 aliphatic heterocycles. The zero-order valence-corrected chi connectivity index (χ0v) is 73.8. The minimum atomic E-state index is -1.90. The highest BCUT2D eigenvalue weighted by atomic mass is 16.4. The number of rotatable bonds is 22. The number of phenolic OH excluding ortho intramolecular Hbond substituents is 2. The van der Waals surface area contributed by atoms with Gasteiger partial charge in [-0.05, 0) is 101 Å². The fraction of sp³-hybridized carbons (Fsp3) is 0.426. The van der Waals surface area contributed by atoms with E-state index in [1.807, 2.05) is 6.92 Å². The summed E-state index contributed by atoms with van der Waals surface area (Å²) in [6, 6.07) is 27.0. The third kappa shape index (κ3) is 29.8. The lowest BCUT2D eigenvalue weighted by molar-refractivity contribution is -0.151. The molecule has 34 nitrogen and oxygen atoms in total. The zero-order chi connectivity index (χ0) is 93.4. The second kappa shape index (κ2) is 48.7. The Morgan fingerprint density at radius 1 is 0.430 bits per heavy atom. The fourth-order valence-corrected chi connectivity index (χ4v) is 15.2. The van der Waals surface area contributed by atoms with Crippen LogP contribution in [0.25, 0.3) is 10.9 Å². The normalized spacial score (nSPS) is 22.8. The van der Waals surface area contributed by atoms with Crippen molar-refractivity contribution in [1.82, 2.24) is 77.3 Å². The van der Waals surface area contributed by atoms with Gasteiger partial charge in [0, 0.05) is 97.4 Å². The number of fused-ring (bicyclic) bond motifs is 1. The minimum absolute atomic E-state index is 0.0115. The molecule has 0 spiro atoms. The highest BCUT2D eigenvalue weighted by Gasteiger charge is 2.42. The van der Waals surface area contributed by atoms with Gasteiger partial charge in [0.1, 0.15) is 78.4 Å². The number of hydrogen-bond donors (Lipinski definition) is 13. The van der Waals surface area contributed by atoms with Gasteiger partial charge >= 0.3 is 5.97 Å². The maximum absolute atomic E-state index is 15.5. The number of carboxylic acids is 1. The molecule has 0 bridgehead atoms. The Balaban J connectivity index is 1.18. The monoisotopic (exact) mass is 1760 g/mol. The van der Waals surface area contributed by atoms with Crippen LogP contribution < -0.4 is 47.9 Å². The molecule has 6 aromatic carbocycles. The van der Waals surface area contributed by atoms with Crippen LogP contribution in [0.15, 0.2) is 170 Å². The van der Waals surface area contributed by atoms with Crippen molar-refractivity contribution in [3.8, 4) is 11.5 Å². The number of aromatic nitrogens is 1. The molecule has 0 aliphatic carbocycles. The summed E-state index contributed by atoms with van der Waals surface area (Å²) in [5, 5.41) is 56.1. The molecule has 0 saturated carbocycles. The van der Waals surface area contributed by atoms with E-state index < -0.39 is 187 Å². The summed E-state index contributed by atoms with van der Waals surface area (Å²) in [6.07, 6.45) is 0.505. The summed E-state index contributed by atoms with van der Waals surface area (Å²) < 4.78 is 0. The third-order valence-corrected chi connectivity index (χ3v) is 22.4. The standard InChI is InChI=1S/C94H119N15O19/c1-11-12-32-77-92(126)106(7)54-82(116)100-74(50-83(117)118)88(122)104-84(58(4)5)94(128)108(9)78(47-60-26-18-14-19-27-60)89(123)103-76(46-63-35-40-68(113)41-36-63)90(124)105(6)53-81(115)99-73(49-64-51-95-70-31-23-22-30-69(64)70)87(121)102-72(44-62-33-38-67(112)39-34-62)86(120)101-71(43-57(2)3)85(119)98-65(55-110)37-42-80(114)97-66(56-111)52-96-75(45-59-24-16-13-17-25-59)91(125)109(10)79(93(127)107(77)8)48-61-28-20-15-21-29-61/h13-31,33-36,38-41,51,55-58,65-66,71-79,84,95-96,112-113H,11-12,32,37,42-50,52-54H2,1-10H3,(H,97,114)(H,98,119)(H,99,115)(H,100,116)(H,101,120)(H,102,121)(H,103,123)(H,104,122)(H,117,118)/t65-,66?,71-,72-,73-,74-,75?,76-,77-,78-,79-,84-/m0/s1. The Hall–Kier alpha value is -13.7. The SMILES string of the molecule is CCCC[C@H]1C(=O)N(C)CC(=O)N[C@@H](CC(=O)O)C(=O)N[C@@H](C(C)C)C(=O)N(C)[C@@H](Cc2ccccc2)C(=O)N[C@@H](Cc2ccc(O)cc2)C(=O)N(C)CC(=O)N[C@@H](Cc2c[nH]c3ccccc23)C(=O)N[C@@H](Cc2ccc(O)cc2)C(=O)N[C@@H](CC(C)C)C(=O)N[C@H](C=O)CCC(=O)NC(C=O)CNC(Cc2ccccc2)C(=O)N(C)[C@@H](Cc2ccccc2)C(=O)N1C. The number of hydrogen-bond acceptors (Lipinski definition) is 19. The number of benzene rings is 6. The number of phenols is 2. The molecule has 7 aromatic rings. The van der Waals surface area contributed by atoms with Gasteiger partial charge in [-0.3, -0.25) is 67.1 Å². The second-order valence-electron chi connectivity index (χ2n) is 33.2. The van der Waals surface area contributed by atoms with Crippen LogP contribution in [0.4, 0.5) is 0 Å². The van der Waals surface area contributed by atoms with Crippen LogP contribution in [0, 0.1) is 11.8 Å². The van der Waals surface area contributed by atoms with Crippen molar-refractivity contribution in [1.29, 1.82) is 0 Å². The van der Waals surface area contributed by atoms with Gasteiger partial charge in [-0.25, -0.2) is 0 Å². The largest absolute Gasteiger partial charge is 0.508 e. The number of aromatic amines is 1. The molecule has 128 heavy (non-hydrogen) atoms. The van der Waals surface area contributed by atoms with Gasteiger partial charge in [0.05, 0.1) is 37.6 Å². The summed E-state index contributed by atoms with van der Waals surface area (Å²) >= 11 is 0. The van der Waals surface area contributed by atoms with Crippen molar-refractivity contribution in [3.05, 3.63) is 203 Å². The molecule has 1 aromatic heterocycles. The quantitative estimate of drug-likeness (QED) is 0.0434. The summed E-state index contributed by atoms with van der Waals surface area (Å²) in [4.78, 5) is 241. The van der Waals surface area contributed by atoms with Crippen molar-refractivity contribution >= 4 is 106 Å². The first kappa shape index (κ1) is 99.8. The molecule has 8 rings (SSSR count). The van der Waals surface area contributed by atoms with Crippen molar-refractivity contribution < 1.29 is 92.0 Å². The molecule has 13 amide bonds. The lowest BCUT2D eigenvalue weighted by atomic mass is 9.98. The van der Waals surface area contributed by atoms with Gasteiger partial charge < -0.3 is 102 Å². The number of carbonyl (C=O) groups is 16. The average molecular weight is 1760 g/mol. The van der Waals surface area contributed by atoms with E-state index in [1.54, 1.807) is 149 Å². The first-order valence-corrected chi connectivity index (χ1v) is 42.8. The van der Waals surface area contributed by atoms with Crippen LogP contribution in [0.5, 0.6) is 11.5 Å². The molecule has 2 heterocycles. The zero-order valence-electron chi connectivity index (χ0n) is 73.8. The Morgan fingerprint density at radius 2 is 0.883 bits per heavy atom. The predicted molar refractivity (Wildman–Crippen MR) is 476 cm³/mol. The Morgan fingerprint density at radius 3 is 1.42 bits per heavy atom. The number of aldehydes is 2. The van der Waals surface area contributed by atoms with E-state index in [4.69, 9.17) is 0 Å². The van der Waals surface area contributed by atoms with Crippen LogP contribution in [0.3, 0.4) is 0 Å². The lowest BCUT2D eigenvalue weighted by Gasteiger charge is -2.37. The molecular formula is C94H119N15O19. The van der Waals surface area contributed by atoms with Crippen LogP contribution in [0.2, 0.25) is 0 Å². The Bertz CT molecular complexity index is 4980. The number of carbonyl (C=O) groups excluding carboxylic acids is 15. The number of aromatic hydroxyl groups is 2. The maximum atomic E-state index is 15.5. The summed E-state index contributed by atoms with van der Waals surface area (Å²) in [7, 11) is 6.62. The van der Waals surface area contributed by atoms with E-state index in [2.05, 4.69) is 52.8 Å². The number of unbranched alkanes of at least 4 members (excludes halogenated alkanes) is 1. The molecule has 684 valence electrons. The molecule has 1 fully saturated rings. The van der Waals surface area contributed by atoms with Gasteiger partial charge in [0.2, 0.25) is 76.8 Å². The molecule has 13 N–H and O–H groups in total.